The topological polar surface area (TPSA) is 122 Å². The van der Waals surface area contributed by atoms with Crippen molar-refractivity contribution in [3.8, 4) is 5.88 Å². The van der Waals surface area contributed by atoms with Gasteiger partial charge in [0, 0.05) is 12.4 Å². The van der Waals surface area contributed by atoms with E-state index in [4.69, 9.17) is 0 Å². The monoisotopic (exact) mass is 260 g/mol. The first-order chi connectivity index (χ1) is 9.08. The molecular weight excluding hydrogens is 252 g/mol. The van der Waals surface area contributed by atoms with E-state index in [2.05, 4.69) is 15.0 Å². The van der Waals surface area contributed by atoms with Gasteiger partial charge >= 0.3 is 11.2 Å². The highest BCUT2D eigenvalue weighted by Crippen LogP contribution is 2.17. The lowest BCUT2D eigenvalue weighted by Gasteiger charge is -1.96. The molecule has 0 aliphatic rings. The molecule has 0 aliphatic carbocycles. The van der Waals surface area contributed by atoms with Crippen LogP contribution in [0, 0.1) is 10.1 Å². The maximum absolute atomic E-state index is 11.4. The van der Waals surface area contributed by atoms with E-state index in [1.165, 1.54) is 6.08 Å². The standard InChI is InChI=1S/C11H8N4O4/c16-10-9(15(18)19)11(17)14-8(13-10)4-3-7-2-1-5-12-6-7/h1-6H,(H2,13,14,16,17)/b4-3+. The van der Waals surface area contributed by atoms with Crippen molar-refractivity contribution in [1.29, 1.82) is 0 Å². The molecule has 2 aromatic rings. The third-order valence-electron chi connectivity index (χ3n) is 2.20. The first-order valence-electron chi connectivity index (χ1n) is 5.13. The zero-order valence-electron chi connectivity index (χ0n) is 9.48. The van der Waals surface area contributed by atoms with Crippen molar-refractivity contribution in [3.05, 3.63) is 56.4 Å². The molecule has 0 fully saturated rings. The van der Waals surface area contributed by atoms with Crippen molar-refractivity contribution in [2.75, 3.05) is 0 Å². The van der Waals surface area contributed by atoms with Crippen LogP contribution in [0.4, 0.5) is 5.69 Å². The van der Waals surface area contributed by atoms with Gasteiger partial charge in [-0.2, -0.15) is 4.98 Å². The van der Waals surface area contributed by atoms with Crippen molar-refractivity contribution in [2.24, 2.45) is 0 Å². The zero-order chi connectivity index (χ0) is 13.8. The second-order valence-corrected chi connectivity index (χ2v) is 3.50. The number of nitrogens with zero attached hydrogens (tertiary/aromatic N) is 3. The number of aromatic nitrogens is 3. The number of nitrogens with one attached hydrogen (secondary N) is 1. The smallest absolute Gasteiger partial charge is 0.395 e. The molecule has 0 aliphatic heterocycles. The molecule has 8 heteroatoms. The molecule has 19 heavy (non-hydrogen) atoms. The summed E-state index contributed by atoms with van der Waals surface area (Å²) in [6.45, 7) is 0. The number of aromatic hydroxyl groups is 1. The summed E-state index contributed by atoms with van der Waals surface area (Å²) in [6, 6.07) is 3.50. The number of hydrogen-bond acceptors (Lipinski definition) is 6. The van der Waals surface area contributed by atoms with Gasteiger partial charge in [-0.15, -0.1) is 0 Å². The molecule has 2 aromatic heterocycles. The van der Waals surface area contributed by atoms with Crippen LogP contribution in [-0.2, 0) is 0 Å². The number of rotatable bonds is 3. The van der Waals surface area contributed by atoms with Gasteiger partial charge in [0.1, 0.15) is 5.82 Å². The van der Waals surface area contributed by atoms with E-state index in [1.54, 1.807) is 30.6 Å². The molecule has 2 N–H and O–H groups in total. The van der Waals surface area contributed by atoms with E-state index in [-0.39, 0.29) is 5.82 Å². The number of H-pyrrole nitrogens is 1. The molecule has 0 spiro atoms. The van der Waals surface area contributed by atoms with Crippen LogP contribution in [0.3, 0.4) is 0 Å². The minimum absolute atomic E-state index is 0.0111. The Hall–Kier alpha value is -3.03. The normalized spacial score (nSPS) is 10.7. The molecule has 96 valence electrons. The molecule has 2 heterocycles. The summed E-state index contributed by atoms with van der Waals surface area (Å²) in [7, 11) is 0. The largest absolute Gasteiger partial charge is 0.488 e. The summed E-state index contributed by atoms with van der Waals surface area (Å²) in [5, 5.41) is 19.8. The van der Waals surface area contributed by atoms with E-state index in [1.807, 2.05) is 0 Å². The Kier molecular flexibility index (Phi) is 3.33. The first-order valence-corrected chi connectivity index (χ1v) is 5.13. The predicted octanol–water partition coefficient (Wildman–Crippen LogP) is 0.949. The zero-order valence-corrected chi connectivity index (χ0v) is 9.48. The summed E-state index contributed by atoms with van der Waals surface area (Å²) in [5.41, 5.74) is -1.23. The molecule has 0 bridgehead atoms. The molecular formula is C11H8N4O4. The maximum Gasteiger partial charge on any atom is 0.395 e. The molecule has 2 rings (SSSR count). The SMILES string of the molecule is O=c1[nH]c(/C=C/c2cccnc2)nc(O)c1[N+](=O)[O-]. The minimum Gasteiger partial charge on any atom is -0.488 e. The van der Waals surface area contributed by atoms with Gasteiger partial charge < -0.3 is 10.1 Å². The van der Waals surface area contributed by atoms with Crippen molar-refractivity contribution in [3.63, 3.8) is 0 Å². The summed E-state index contributed by atoms with van der Waals surface area (Å²) in [4.78, 5) is 30.5. The van der Waals surface area contributed by atoms with E-state index >= 15 is 0 Å². The van der Waals surface area contributed by atoms with E-state index in [9.17, 15) is 20.0 Å². The van der Waals surface area contributed by atoms with Crippen LogP contribution in [-0.4, -0.2) is 25.0 Å². The number of nitro groups is 1. The van der Waals surface area contributed by atoms with Gasteiger partial charge in [-0.05, 0) is 23.8 Å². The lowest BCUT2D eigenvalue weighted by atomic mass is 10.2. The fourth-order valence-corrected chi connectivity index (χ4v) is 1.37. The Morgan fingerprint density at radius 2 is 2.21 bits per heavy atom. The molecule has 0 saturated heterocycles. The Morgan fingerprint density at radius 3 is 2.79 bits per heavy atom. The third kappa shape index (κ3) is 2.80. The molecule has 0 unspecified atom stereocenters. The Morgan fingerprint density at radius 1 is 1.42 bits per heavy atom. The van der Waals surface area contributed by atoms with Crippen LogP contribution in [0.25, 0.3) is 12.2 Å². The highest BCUT2D eigenvalue weighted by molar-refractivity contribution is 5.66. The van der Waals surface area contributed by atoms with Gasteiger partial charge in [-0.1, -0.05) is 6.07 Å². The molecule has 0 aromatic carbocycles. The summed E-state index contributed by atoms with van der Waals surface area (Å²) < 4.78 is 0. The van der Waals surface area contributed by atoms with E-state index in [0.717, 1.165) is 5.56 Å². The van der Waals surface area contributed by atoms with Crippen LogP contribution in [0.2, 0.25) is 0 Å². The number of hydrogen-bond donors (Lipinski definition) is 2. The van der Waals surface area contributed by atoms with E-state index < -0.39 is 22.0 Å². The highest BCUT2D eigenvalue weighted by Gasteiger charge is 2.21. The van der Waals surface area contributed by atoms with Gasteiger partial charge in [0.25, 0.3) is 5.88 Å². The number of aromatic amines is 1. The predicted molar refractivity (Wildman–Crippen MR) is 66.3 cm³/mol. The number of pyridine rings is 1. The van der Waals surface area contributed by atoms with Gasteiger partial charge in [0.15, 0.2) is 0 Å². The van der Waals surface area contributed by atoms with Crippen LogP contribution < -0.4 is 5.56 Å². The van der Waals surface area contributed by atoms with Crippen LogP contribution in [0.15, 0.2) is 29.3 Å². The third-order valence-corrected chi connectivity index (χ3v) is 2.20. The lowest BCUT2D eigenvalue weighted by molar-refractivity contribution is -0.387. The first kappa shape index (κ1) is 12.4. The Bertz CT molecular complexity index is 694. The van der Waals surface area contributed by atoms with Crippen LogP contribution in [0.1, 0.15) is 11.4 Å². The molecule has 8 nitrogen and oxygen atoms in total. The van der Waals surface area contributed by atoms with E-state index in [0.29, 0.717) is 0 Å². The second kappa shape index (κ2) is 5.08. The van der Waals surface area contributed by atoms with Crippen molar-refractivity contribution in [1.82, 2.24) is 15.0 Å². The second-order valence-electron chi connectivity index (χ2n) is 3.50. The summed E-state index contributed by atoms with van der Waals surface area (Å²) in [5.74, 6) is -0.906. The molecule has 0 amide bonds. The van der Waals surface area contributed by atoms with Gasteiger partial charge in [0.2, 0.25) is 0 Å². The lowest BCUT2D eigenvalue weighted by Crippen LogP contribution is -2.14. The van der Waals surface area contributed by atoms with Crippen LogP contribution in [0.5, 0.6) is 5.88 Å². The Labute approximate surface area is 106 Å². The van der Waals surface area contributed by atoms with Gasteiger partial charge in [-0.25, -0.2) is 0 Å². The minimum atomic E-state index is -1.01. The molecule has 0 saturated carbocycles. The maximum atomic E-state index is 11.4. The fourth-order valence-electron chi connectivity index (χ4n) is 1.37. The summed E-state index contributed by atoms with van der Waals surface area (Å²) >= 11 is 0. The van der Waals surface area contributed by atoms with Crippen molar-refractivity contribution < 1.29 is 10.0 Å². The van der Waals surface area contributed by atoms with Gasteiger partial charge in [0.05, 0.1) is 4.92 Å². The van der Waals surface area contributed by atoms with Crippen molar-refractivity contribution >= 4 is 17.8 Å². The molecule has 0 radical (unpaired) electrons. The average Bonchev–Trinajstić information content (AvgIpc) is 2.36. The highest BCUT2D eigenvalue weighted by atomic mass is 16.6. The Balaban J connectivity index is 2.36. The fraction of sp³-hybridized carbons (Fsp3) is 0. The average molecular weight is 260 g/mol. The summed E-state index contributed by atoms with van der Waals surface area (Å²) in [6.07, 6.45) is 6.19. The van der Waals surface area contributed by atoms with Crippen molar-refractivity contribution in [2.45, 2.75) is 0 Å². The molecule has 0 atom stereocenters. The quantitative estimate of drug-likeness (QED) is 0.625. The van der Waals surface area contributed by atoms with Gasteiger partial charge in [-0.3, -0.25) is 19.9 Å². The van der Waals surface area contributed by atoms with Crippen LogP contribution >= 0.6 is 0 Å².